The van der Waals surface area contributed by atoms with E-state index in [1.54, 1.807) is 0 Å². The van der Waals surface area contributed by atoms with Crippen LogP contribution in [0.15, 0.2) is 23.2 Å². The second-order valence-corrected chi connectivity index (χ2v) is 6.67. The molecule has 1 amide bonds. The molecule has 0 spiro atoms. The first kappa shape index (κ1) is 16.5. The molecule has 1 aromatic heterocycles. The number of amides is 1. The van der Waals surface area contributed by atoms with E-state index in [2.05, 4.69) is 49.9 Å². The number of hydrogen-bond donors (Lipinski definition) is 0. The summed E-state index contributed by atoms with van der Waals surface area (Å²) < 4.78 is 3.08. The molecule has 0 N–H and O–H groups in total. The van der Waals surface area contributed by atoms with Crippen LogP contribution in [0, 0.1) is 12.3 Å². The van der Waals surface area contributed by atoms with Crippen LogP contribution in [0.4, 0.5) is 0 Å². The Hall–Kier alpha value is -1.86. The zero-order valence-corrected chi connectivity index (χ0v) is 14.2. The lowest BCUT2D eigenvalue weighted by molar-refractivity contribution is -0.118. The zero-order chi connectivity index (χ0) is 16.1. The highest BCUT2D eigenvalue weighted by Crippen LogP contribution is 2.23. The Labute approximate surface area is 135 Å². The van der Waals surface area contributed by atoms with Crippen LogP contribution in [0.1, 0.15) is 51.5 Å². The molecule has 22 heavy (non-hydrogen) atoms. The summed E-state index contributed by atoms with van der Waals surface area (Å²) in [5, 5.41) is 0. The number of aromatic nitrogens is 1. The van der Waals surface area contributed by atoms with Crippen LogP contribution in [0.2, 0.25) is 0 Å². The smallest absolute Gasteiger partial charge is 0.248 e. The molecule has 0 aliphatic carbocycles. The van der Waals surface area contributed by atoms with Crippen molar-refractivity contribution in [2.24, 2.45) is 4.99 Å². The number of fused-ring (bicyclic) bond motifs is 1. The van der Waals surface area contributed by atoms with Gasteiger partial charge in [0.15, 0.2) is 4.80 Å². The Balaban J connectivity index is 2.53. The van der Waals surface area contributed by atoms with Gasteiger partial charge in [-0.2, -0.15) is 4.99 Å². The number of hydrogen-bond acceptors (Lipinski definition) is 2. The Morgan fingerprint density at radius 1 is 1.45 bits per heavy atom. The maximum atomic E-state index is 12.0. The van der Waals surface area contributed by atoms with Crippen molar-refractivity contribution in [3.05, 3.63) is 28.6 Å². The maximum Gasteiger partial charge on any atom is 0.248 e. The normalized spacial score (nSPS) is 12.0. The number of unbranched alkanes of at least 4 members (excludes halogenated alkanes) is 1. The predicted octanol–water partition coefficient (Wildman–Crippen LogP) is 4.08. The molecule has 0 bridgehead atoms. The molecule has 0 aliphatic rings. The fourth-order valence-corrected chi connectivity index (χ4v) is 3.36. The highest BCUT2D eigenvalue weighted by molar-refractivity contribution is 7.16. The quantitative estimate of drug-likeness (QED) is 0.766. The average molecular weight is 314 g/mol. The molecule has 4 heteroatoms. The Morgan fingerprint density at radius 2 is 2.23 bits per heavy atom. The first-order valence-corrected chi connectivity index (χ1v) is 8.52. The number of carbonyl (C=O) groups excluding carboxylic acids is 1. The summed E-state index contributed by atoms with van der Waals surface area (Å²) in [6.07, 6.45) is 7.84. The Kier molecular flexibility index (Phi) is 5.57. The minimum Gasteiger partial charge on any atom is -0.305 e. The number of carbonyl (C=O) groups is 1. The van der Waals surface area contributed by atoms with Crippen LogP contribution in [0.3, 0.4) is 0 Å². The molecule has 0 atom stereocenters. The van der Waals surface area contributed by atoms with Crippen molar-refractivity contribution < 1.29 is 4.79 Å². The Bertz CT molecular complexity index is 774. The number of thiazole rings is 1. The van der Waals surface area contributed by atoms with Crippen LogP contribution in [0.5, 0.6) is 0 Å². The van der Waals surface area contributed by atoms with Crippen LogP contribution < -0.4 is 4.80 Å². The van der Waals surface area contributed by atoms with E-state index in [4.69, 9.17) is 6.42 Å². The minimum atomic E-state index is -0.0664. The van der Waals surface area contributed by atoms with E-state index in [0.717, 1.165) is 23.1 Å². The summed E-state index contributed by atoms with van der Waals surface area (Å²) in [5.74, 6) is 3.06. The van der Waals surface area contributed by atoms with Gasteiger partial charge in [0.05, 0.1) is 16.8 Å². The van der Waals surface area contributed by atoms with Crippen molar-refractivity contribution in [3.8, 4) is 12.3 Å². The molecule has 0 fully saturated rings. The SMILES string of the molecule is C#CCn1c(=NC(=O)CCCC)sc2cc(C(C)C)ccc21. The van der Waals surface area contributed by atoms with Gasteiger partial charge in [-0.25, -0.2) is 0 Å². The van der Waals surface area contributed by atoms with E-state index in [1.165, 1.54) is 16.9 Å². The third-order valence-corrected chi connectivity index (χ3v) is 4.63. The fourth-order valence-electron chi connectivity index (χ4n) is 2.27. The lowest BCUT2D eigenvalue weighted by atomic mass is 10.0. The summed E-state index contributed by atoms with van der Waals surface area (Å²) in [5.41, 5.74) is 2.33. The van der Waals surface area contributed by atoms with Crippen molar-refractivity contribution in [2.45, 2.75) is 52.5 Å². The Morgan fingerprint density at radius 3 is 2.86 bits per heavy atom. The molecule has 1 aromatic carbocycles. The molecular formula is C18H22N2OS. The second-order valence-electron chi connectivity index (χ2n) is 5.67. The van der Waals surface area contributed by atoms with Gasteiger partial charge >= 0.3 is 0 Å². The van der Waals surface area contributed by atoms with Gasteiger partial charge in [0.25, 0.3) is 0 Å². The van der Waals surface area contributed by atoms with Crippen molar-refractivity contribution in [1.29, 1.82) is 0 Å². The lowest BCUT2D eigenvalue weighted by Gasteiger charge is -2.05. The predicted molar refractivity (Wildman–Crippen MR) is 92.8 cm³/mol. The van der Waals surface area contributed by atoms with Gasteiger partial charge < -0.3 is 4.57 Å². The molecule has 3 nitrogen and oxygen atoms in total. The largest absolute Gasteiger partial charge is 0.305 e. The fraction of sp³-hybridized carbons (Fsp3) is 0.444. The van der Waals surface area contributed by atoms with Crippen LogP contribution in [-0.4, -0.2) is 10.5 Å². The number of benzene rings is 1. The minimum absolute atomic E-state index is 0.0664. The van der Waals surface area contributed by atoms with E-state index < -0.39 is 0 Å². The molecule has 2 aromatic rings. The number of rotatable bonds is 5. The van der Waals surface area contributed by atoms with Crippen molar-refractivity contribution >= 4 is 27.5 Å². The molecule has 0 saturated heterocycles. The molecule has 2 rings (SSSR count). The number of terminal acetylenes is 1. The van der Waals surface area contributed by atoms with Crippen molar-refractivity contribution in [2.75, 3.05) is 0 Å². The van der Waals surface area contributed by atoms with Crippen LogP contribution in [0.25, 0.3) is 10.2 Å². The van der Waals surface area contributed by atoms with Crippen LogP contribution in [-0.2, 0) is 11.3 Å². The number of nitrogens with zero attached hydrogens (tertiary/aromatic N) is 2. The highest BCUT2D eigenvalue weighted by atomic mass is 32.1. The first-order chi connectivity index (χ1) is 10.6. The second kappa shape index (κ2) is 7.42. The van der Waals surface area contributed by atoms with Gasteiger partial charge in [-0.05, 0) is 30.0 Å². The molecular weight excluding hydrogens is 292 g/mol. The lowest BCUT2D eigenvalue weighted by Crippen LogP contribution is -2.16. The zero-order valence-electron chi connectivity index (χ0n) is 13.4. The molecule has 1 heterocycles. The maximum absolute atomic E-state index is 12.0. The van der Waals surface area contributed by atoms with Gasteiger partial charge in [0.1, 0.15) is 0 Å². The van der Waals surface area contributed by atoms with Gasteiger partial charge in [-0.3, -0.25) is 4.79 Å². The van der Waals surface area contributed by atoms with E-state index >= 15 is 0 Å². The molecule has 0 aliphatic heterocycles. The van der Waals surface area contributed by atoms with Gasteiger partial charge in [-0.15, -0.1) is 6.42 Å². The van der Waals surface area contributed by atoms with Gasteiger partial charge in [0.2, 0.25) is 5.91 Å². The third-order valence-electron chi connectivity index (χ3n) is 3.59. The van der Waals surface area contributed by atoms with Crippen molar-refractivity contribution in [3.63, 3.8) is 0 Å². The first-order valence-electron chi connectivity index (χ1n) is 7.71. The topological polar surface area (TPSA) is 34.4 Å². The van der Waals surface area contributed by atoms with Gasteiger partial charge in [-0.1, -0.05) is 50.5 Å². The van der Waals surface area contributed by atoms with E-state index in [0.29, 0.717) is 23.7 Å². The molecule has 0 unspecified atom stereocenters. The summed E-state index contributed by atoms with van der Waals surface area (Å²) in [4.78, 5) is 16.9. The highest BCUT2D eigenvalue weighted by Gasteiger charge is 2.09. The summed E-state index contributed by atoms with van der Waals surface area (Å²) in [7, 11) is 0. The monoisotopic (exact) mass is 314 g/mol. The summed E-state index contributed by atoms with van der Waals surface area (Å²) in [6, 6.07) is 6.37. The molecule has 0 radical (unpaired) electrons. The van der Waals surface area contributed by atoms with E-state index in [-0.39, 0.29) is 5.91 Å². The van der Waals surface area contributed by atoms with E-state index in [1.807, 2.05) is 4.57 Å². The standard InChI is InChI=1S/C18H22N2OS/c1-5-7-8-17(21)19-18-20(11-6-2)15-10-9-14(13(3)4)12-16(15)22-18/h2,9-10,12-13H,5,7-8,11H2,1,3-4H3. The van der Waals surface area contributed by atoms with Gasteiger partial charge in [0, 0.05) is 6.42 Å². The van der Waals surface area contributed by atoms with Crippen LogP contribution >= 0.6 is 11.3 Å². The summed E-state index contributed by atoms with van der Waals surface area (Å²) >= 11 is 1.54. The average Bonchev–Trinajstić information content (AvgIpc) is 2.82. The third kappa shape index (κ3) is 3.66. The summed E-state index contributed by atoms with van der Waals surface area (Å²) in [6.45, 7) is 6.84. The molecule has 0 saturated carbocycles. The van der Waals surface area contributed by atoms with Crippen molar-refractivity contribution in [1.82, 2.24) is 4.57 Å². The van der Waals surface area contributed by atoms with E-state index in [9.17, 15) is 4.79 Å². The molecule has 116 valence electrons.